The average molecular weight is 273 g/mol. The Labute approximate surface area is 118 Å². The van der Waals surface area contributed by atoms with E-state index in [1.807, 2.05) is 16.9 Å². The fraction of sp³-hybridized carbons (Fsp3) is 0.400. The highest BCUT2D eigenvalue weighted by molar-refractivity contribution is 5.34. The summed E-state index contributed by atoms with van der Waals surface area (Å²) in [6, 6.07) is 6.77. The molecule has 5 heteroatoms. The number of nitrogens with one attached hydrogen (secondary N) is 1. The highest BCUT2D eigenvalue weighted by atomic mass is 16.5. The third-order valence-corrected chi connectivity index (χ3v) is 3.57. The molecule has 0 atom stereocenters. The highest BCUT2D eigenvalue weighted by Crippen LogP contribution is 2.24. The molecule has 2 heterocycles. The van der Waals surface area contributed by atoms with Crippen LogP contribution < -0.4 is 10.1 Å². The molecule has 0 spiro atoms. The van der Waals surface area contributed by atoms with E-state index >= 15 is 0 Å². The second kappa shape index (κ2) is 5.96. The van der Waals surface area contributed by atoms with Crippen molar-refractivity contribution in [1.82, 2.24) is 15.1 Å². The number of phenolic OH excluding ortho intramolecular Hbond substituents is 1. The molecule has 1 saturated heterocycles. The molecule has 5 nitrogen and oxygen atoms in total. The van der Waals surface area contributed by atoms with Gasteiger partial charge in [0.15, 0.2) is 5.75 Å². The van der Waals surface area contributed by atoms with Crippen molar-refractivity contribution in [2.75, 3.05) is 13.1 Å². The minimum Gasteiger partial charge on any atom is -0.508 e. The van der Waals surface area contributed by atoms with Crippen LogP contribution in [0.3, 0.4) is 0 Å². The van der Waals surface area contributed by atoms with Gasteiger partial charge >= 0.3 is 0 Å². The van der Waals surface area contributed by atoms with E-state index < -0.39 is 0 Å². The summed E-state index contributed by atoms with van der Waals surface area (Å²) in [5.74, 6) is 2.20. The van der Waals surface area contributed by atoms with Gasteiger partial charge in [0.25, 0.3) is 0 Å². The van der Waals surface area contributed by atoms with Crippen LogP contribution >= 0.6 is 0 Å². The number of hydrogen-bond donors (Lipinski definition) is 2. The molecular weight excluding hydrogens is 254 g/mol. The lowest BCUT2D eigenvalue weighted by Gasteiger charge is -2.22. The van der Waals surface area contributed by atoms with Gasteiger partial charge in [-0.15, -0.1) is 0 Å². The summed E-state index contributed by atoms with van der Waals surface area (Å²) < 4.78 is 7.61. The van der Waals surface area contributed by atoms with Crippen LogP contribution in [0, 0.1) is 5.92 Å². The van der Waals surface area contributed by atoms with Crippen LogP contribution in [0.4, 0.5) is 0 Å². The summed E-state index contributed by atoms with van der Waals surface area (Å²) in [6.45, 7) is 3.13. The van der Waals surface area contributed by atoms with Gasteiger partial charge in [0.05, 0.1) is 12.4 Å². The maximum atomic E-state index is 9.41. The van der Waals surface area contributed by atoms with Crippen LogP contribution in [-0.4, -0.2) is 28.0 Å². The molecule has 1 aliphatic heterocycles. The molecule has 1 aromatic carbocycles. The molecule has 1 fully saturated rings. The Hall–Kier alpha value is -2.01. The summed E-state index contributed by atoms with van der Waals surface area (Å²) in [7, 11) is 0. The molecule has 0 saturated carbocycles. The van der Waals surface area contributed by atoms with Crippen LogP contribution in [0.15, 0.2) is 36.7 Å². The zero-order valence-electron chi connectivity index (χ0n) is 11.3. The van der Waals surface area contributed by atoms with Gasteiger partial charge in [0, 0.05) is 12.6 Å². The fourth-order valence-electron chi connectivity index (χ4n) is 2.51. The molecule has 0 amide bonds. The van der Waals surface area contributed by atoms with Gasteiger partial charge in [-0.1, -0.05) is 6.07 Å². The first-order chi connectivity index (χ1) is 9.79. The molecule has 1 aliphatic rings. The van der Waals surface area contributed by atoms with E-state index in [9.17, 15) is 5.11 Å². The summed E-state index contributed by atoms with van der Waals surface area (Å²) >= 11 is 0. The number of rotatable bonds is 4. The number of aromatic hydroxyl groups is 1. The van der Waals surface area contributed by atoms with Crippen LogP contribution in [-0.2, 0) is 6.54 Å². The van der Waals surface area contributed by atoms with Gasteiger partial charge in [-0.3, -0.25) is 4.68 Å². The van der Waals surface area contributed by atoms with E-state index in [4.69, 9.17) is 4.74 Å². The van der Waals surface area contributed by atoms with E-state index in [-0.39, 0.29) is 5.75 Å². The van der Waals surface area contributed by atoms with Gasteiger partial charge < -0.3 is 15.2 Å². The van der Waals surface area contributed by atoms with Crippen molar-refractivity contribution in [3.05, 3.63) is 36.7 Å². The normalized spacial score (nSPS) is 16.2. The third kappa shape index (κ3) is 3.30. The molecule has 0 unspecified atom stereocenters. The Morgan fingerprint density at radius 1 is 1.30 bits per heavy atom. The van der Waals surface area contributed by atoms with E-state index in [0.29, 0.717) is 17.4 Å². The number of nitrogens with zero attached hydrogens (tertiary/aromatic N) is 2. The molecular formula is C15H19N3O2. The Bertz CT molecular complexity index is 562. The van der Waals surface area contributed by atoms with Crippen molar-refractivity contribution in [3.63, 3.8) is 0 Å². The van der Waals surface area contributed by atoms with Crippen LogP contribution in [0.5, 0.6) is 17.2 Å². The molecule has 106 valence electrons. The lowest BCUT2D eigenvalue weighted by molar-refractivity contribution is 0.321. The van der Waals surface area contributed by atoms with E-state index in [1.165, 1.54) is 12.8 Å². The largest absolute Gasteiger partial charge is 0.508 e. The minimum absolute atomic E-state index is 0.199. The van der Waals surface area contributed by atoms with Crippen molar-refractivity contribution in [3.8, 4) is 17.2 Å². The Morgan fingerprint density at radius 3 is 2.95 bits per heavy atom. The monoisotopic (exact) mass is 273 g/mol. The van der Waals surface area contributed by atoms with Crippen LogP contribution in [0.25, 0.3) is 0 Å². The van der Waals surface area contributed by atoms with Crippen molar-refractivity contribution in [2.24, 2.45) is 5.92 Å². The van der Waals surface area contributed by atoms with Gasteiger partial charge in [0.1, 0.15) is 11.5 Å². The van der Waals surface area contributed by atoms with Crippen molar-refractivity contribution >= 4 is 0 Å². The quantitative estimate of drug-likeness (QED) is 0.898. The SMILES string of the molecule is Oc1cccc(Oc2cnn(CC3CCNCC3)c2)c1. The summed E-state index contributed by atoms with van der Waals surface area (Å²) in [5.41, 5.74) is 0. The van der Waals surface area contributed by atoms with E-state index in [2.05, 4.69) is 10.4 Å². The predicted molar refractivity (Wildman–Crippen MR) is 76.0 cm³/mol. The van der Waals surface area contributed by atoms with Crippen LogP contribution in [0.1, 0.15) is 12.8 Å². The van der Waals surface area contributed by atoms with Crippen molar-refractivity contribution in [2.45, 2.75) is 19.4 Å². The maximum Gasteiger partial charge on any atom is 0.165 e. The van der Waals surface area contributed by atoms with Gasteiger partial charge in [-0.2, -0.15) is 5.10 Å². The zero-order chi connectivity index (χ0) is 13.8. The van der Waals surface area contributed by atoms with Crippen molar-refractivity contribution < 1.29 is 9.84 Å². The molecule has 2 aromatic rings. The van der Waals surface area contributed by atoms with Gasteiger partial charge in [-0.05, 0) is 44.0 Å². The third-order valence-electron chi connectivity index (χ3n) is 3.57. The number of benzene rings is 1. The Morgan fingerprint density at radius 2 is 2.15 bits per heavy atom. The summed E-state index contributed by atoms with van der Waals surface area (Å²) in [6.07, 6.45) is 6.02. The topological polar surface area (TPSA) is 59.3 Å². The average Bonchev–Trinajstić information content (AvgIpc) is 2.87. The lowest BCUT2D eigenvalue weighted by atomic mass is 9.98. The minimum atomic E-state index is 0.199. The zero-order valence-corrected chi connectivity index (χ0v) is 11.3. The summed E-state index contributed by atoms with van der Waals surface area (Å²) in [4.78, 5) is 0. The molecule has 3 rings (SSSR count). The number of ether oxygens (including phenoxy) is 1. The fourth-order valence-corrected chi connectivity index (χ4v) is 2.51. The Balaban J connectivity index is 1.61. The molecule has 1 aromatic heterocycles. The second-order valence-corrected chi connectivity index (χ2v) is 5.19. The standard InChI is InChI=1S/C15H19N3O2/c19-13-2-1-3-14(8-13)20-15-9-17-18(11-15)10-12-4-6-16-7-5-12/h1-3,8-9,11-12,16,19H,4-7,10H2. The molecule has 0 radical (unpaired) electrons. The number of hydrogen-bond acceptors (Lipinski definition) is 4. The number of aromatic nitrogens is 2. The van der Waals surface area contributed by atoms with Gasteiger partial charge in [0.2, 0.25) is 0 Å². The molecule has 20 heavy (non-hydrogen) atoms. The lowest BCUT2D eigenvalue weighted by Crippen LogP contribution is -2.29. The smallest absolute Gasteiger partial charge is 0.165 e. The molecule has 0 aliphatic carbocycles. The number of phenols is 1. The second-order valence-electron chi connectivity index (χ2n) is 5.19. The predicted octanol–water partition coefficient (Wildman–Crippen LogP) is 2.38. The van der Waals surface area contributed by atoms with Crippen molar-refractivity contribution in [1.29, 1.82) is 0 Å². The van der Waals surface area contributed by atoms with Gasteiger partial charge in [-0.25, -0.2) is 0 Å². The molecule has 2 N–H and O–H groups in total. The molecule has 0 bridgehead atoms. The maximum absolute atomic E-state index is 9.41. The van der Waals surface area contributed by atoms with E-state index in [0.717, 1.165) is 19.6 Å². The van der Waals surface area contributed by atoms with E-state index in [1.54, 1.807) is 24.4 Å². The summed E-state index contributed by atoms with van der Waals surface area (Å²) in [5, 5.41) is 17.1. The number of piperidine rings is 1. The highest BCUT2D eigenvalue weighted by Gasteiger charge is 2.14. The first kappa shape index (κ1) is 13.0. The Kier molecular flexibility index (Phi) is 3.87. The van der Waals surface area contributed by atoms with Crippen LogP contribution in [0.2, 0.25) is 0 Å². The first-order valence-electron chi connectivity index (χ1n) is 7.00. The first-order valence-corrected chi connectivity index (χ1v) is 7.00.